The number of amides is 3. The molecule has 0 aliphatic carbocycles. The van der Waals surface area contributed by atoms with E-state index in [1.807, 2.05) is 20.1 Å². The summed E-state index contributed by atoms with van der Waals surface area (Å²) in [6, 6.07) is -4.48. The number of carbonyl (C=O) groups excluding carboxylic acids is 3. The van der Waals surface area contributed by atoms with Crippen molar-refractivity contribution in [2.45, 2.75) is 76.7 Å². The van der Waals surface area contributed by atoms with Crippen molar-refractivity contribution in [3.8, 4) is 0 Å². The highest BCUT2D eigenvalue weighted by Crippen LogP contribution is 2.09. The zero-order valence-electron chi connectivity index (χ0n) is 20.8. The van der Waals surface area contributed by atoms with E-state index in [1.165, 1.54) is 18.7 Å². The molecule has 0 heterocycles. The summed E-state index contributed by atoms with van der Waals surface area (Å²) in [6.45, 7) is 5.13. The minimum atomic E-state index is -1.57. The summed E-state index contributed by atoms with van der Waals surface area (Å²) in [5.74, 6) is -2.99. The molecule has 0 aliphatic heterocycles. The van der Waals surface area contributed by atoms with Crippen molar-refractivity contribution in [3.63, 3.8) is 0 Å². The zero-order chi connectivity index (χ0) is 27.1. The van der Waals surface area contributed by atoms with E-state index in [1.54, 1.807) is 0 Å². The normalized spacial score (nSPS) is 16.1. The van der Waals surface area contributed by atoms with Crippen molar-refractivity contribution in [3.05, 3.63) is 0 Å². The number of thioether (sulfide) groups is 1. The van der Waals surface area contributed by atoms with Crippen LogP contribution in [0.2, 0.25) is 0 Å². The average molecular weight is 520 g/mol. The van der Waals surface area contributed by atoms with E-state index in [4.69, 9.17) is 17.2 Å². The van der Waals surface area contributed by atoms with E-state index < -0.39 is 54.0 Å². The van der Waals surface area contributed by atoms with Gasteiger partial charge in [-0.15, -0.1) is 0 Å². The predicted molar refractivity (Wildman–Crippen MR) is 135 cm³/mol. The molecule has 0 rings (SSSR count). The molecule has 0 saturated carbocycles. The number of aliphatic imine (C=N–C) groups is 1. The van der Waals surface area contributed by atoms with E-state index >= 15 is 0 Å². The molecule has 0 spiro atoms. The molecule has 13 nitrogen and oxygen atoms in total. The lowest BCUT2D eigenvalue weighted by molar-refractivity contribution is -0.145. The van der Waals surface area contributed by atoms with Gasteiger partial charge in [0.25, 0.3) is 0 Å². The molecule has 0 fully saturated rings. The first kappa shape index (κ1) is 32.4. The van der Waals surface area contributed by atoms with Crippen molar-refractivity contribution in [2.24, 2.45) is 28.1 Å². The monoisotopic (exact) mass is 519 g/mol. The van der Waals surface area contributed by atoms with Crippen molar-refractivity contribution in [1.29, 1.82) is 0 Å². The van der Waals surface area contributed by atoms with Gasteiger partial charge in [0.1, 0.15) is 12.1 Å². The van der Waals surface area contributed by atoms with Crippen molar-refractivity contribution < 1.29 is 29.4 Å². The number of aliphatic hydroxyl groups excluding tert-OH is 1. The summed E-state index contributed by atoms with van der Waals surface area (Å²) in [7, 11) is 0. The number of nitrogens with two attached hydrogens (primary N) is 3. The smallest absolute Gasteiger partial charge is 0.328 e. The summed E-state index contributed by atoms with van der Waals surface area (Å²) >= 11 is 1.48. The topological polar surface area (TPSA) is 235 Å². The van der Waals surface area contributed by atoms with Crippen LogP contribution in [0.15, 0.2) is 4.99 Å². The van der Waals surface area contributed by atoms with Gasteiger partial charge in [-0.25, -0.2) is 4.79 Å². The number of carbonyl (C=O) groups is 4. The number of hydrogen-bond donors (Lipinski definition) is 8. The number of carboxylic acid groups (broad SMARTS) is 1. The van der Waals surface area contributed by atoms with Crippen LogP contribution in [0.5, 0.6) is 0 Å². The first-order valence-electron chi connectivity index (χ1n) is 11.5. The van der Waals surface area contributed by atoms with Crippen molar-refractivity contribution in [2.75, 3.05) is 18.6 Å². The summed E-state index contributed by atoms with van der Waals surface area (Å²) < 4.78 is 0. The maximum atomic E-state index is 13.1. The Bertz CT molecular complexity index is 733. The van der Waals surface area contributed by atoms with E-state index in [9.17, 15) is 29.4 Å². The second-order valence-electron chi connectivity index (χ2n) is 8.33. The molecular formula is C21H41N7O6S. The van der Waals surface area contributed by atoms with Gasteiger partial charge in [-0.05, 0) is 44.1 Å². The van der Waals surface area contributed by atoms with Crippen LogP contribution in [0.3, 0.4) is 0 Å². The first-order chi connectivity index (χ1) is 16.3. The molecule has 0 bridgehead atoms. The molecule has 14 heteroatoms. The summed E-state index contributed by atoms with van der Waals surface area (Å²) in [5.41, 5.74) is 16.6. The van der Waals surface area contributed by atoms with Crippen LogP contribution in [0, 0.1) is 5.92 Å². The Morgan fingerprint density at radius 1 is 0.971 bits per heavy atom. The largest absolute Gasteiger partial charge is 0.480 e. The molecule has 0 aliphatic rings. The van der Waals surface area contributed by atoms with Crippen molar-refractivity contribution >= 4 is 41.4 Å². The Labute approximate surface area is 210 Å². The molecule has 0 aromatic rings. The van der Waals surface area contributed by atoms with E-state index in [-0.39, 0.29) is 24.8 Å². The minimum Gasteiger partial charge on any atom is -0.480 e. The lowest BCUT2D eigenvalue weighted by atomic mass is 9.99. The standard InChI is InChI=1S/C21H41N7O6S/c1-5-11(2)15(22)19(32)27-14(8-10-35-4)17(30)26-13(7-6-9-25-21(23)24)18(31)28-16(12(3)29)20(33)34/h11-16,29H,5-10,22H2,1-4H3,(H,26,30)(H,27,32)(H,28,31)(H,33,34)(H4,23,24,25). The molecule has 0 aromatic heterocycles. The van der Waals surface area contributed by atoms with Crippen LogP contribution in [0.4, 0.5) is 0 Å². The van der Waals surface area contributed by atoms with E-state index in [2.05, 4.69) is 20.9 Å². The first-order valence-corrected chi connectivity index (χ1v) is 12.9. The Morgan fingerprint density at radius 3 is 2.00 bits per heavy atom. The van der Waals surface area contributed by atoms with Gasteiger partial charge in [0.05, 0.1) is 12.1 Å². The Balaban J connectivity index is 5.61. The van der Waals surface area contributed by atoms with Crippen LogP contribution >= 0.6 is 11.8 Å². The number of nitrogens with one attached hydrogen (secondary N) is 3. The number of hydrogen-bond acceptors (Lipinski definition) is 8. The lowest BCUT2D eigenvalue weighted by Crippen LogP contribution is -2.58. The quantitative estimate of drug-likeness (QED) is 0.0602. The Kier molecular flexibility index (Phi) is 15.7. The number of carboxylic acids is 1. The maximum Gasteiger partial charge on any atom is 0.328 e. The highest BCUT2D eigenvalue weighted by atomic mass is 32.2. The second kappa shape index (κ2) is 16.9. The predicted octanol–water partition coefficient (Wildman–Crippen LogP) is -1.91. The third-order valence-corrected chi connectivity index (χ3v) is 6.07. The van der Waals surface area contributed by atoms with Crippen LogP contribution in [-0.4, -0.2) is 88.7 Å². The van der Waals surface area contributed by atoms with Gasteiger partial charge in [0, 0.05) is 6.54 Å². The zero-order valence-corrected chi connectivity index (χ0v) is 21.6. The van der Waals surface area contributed by atoms with Gasteiger partial charge in [-0.2, -0.15) is 11.8 Å². The van der Waals surface area contributed by atoms with Gasteiger partial charge >= 0.3 is 5.97 Å². The van der Waals surface area contributed by atoms with Gasteiger partial charge in [0.2, 0.25) is 17.7 Å². The summed E-state index contributed by atoms with van der Waals surface area (Å²) in [4.78, 5) is 53.7. The molecule has 6 atom stereocenters. The van der Waals surface area contributed by atoms with Gasteiger partial charge in [-0.1, -0.05) is 20.3 Å². The fraction of sp³-hybridized carbons (Fsp3) is 0.762. The Morgan fingerprint density at radius 2 is 1.51 bits per heavy atom. The molecule has 35 heavy (non-hydrogen) atoms. The number of guanidine groups is 1. The minimum absolute atomic E-state index is 0.0794. The summed E-state index contributed by atoms with van der Waals surface area (Å²) in [6.07, 6.45) is 1.83. The van der Waals surface area contributed by atoms with Crippen LogP contribution in [-0.2, 0) is 19.2 Å². The Hall–Kier alpha value is -2.58. The number of rotatable bonds is 17. The number of aliphatic carboxylic acids is 1. The molecule has 11 N–H and O–H groups in total. The molecule has 0 aromatic carbocycles. The maximum absolute atomic E-state index is 13.1. The molecule has 0 saturated heterocycles. The second-order valence-corrected chi connectivity index (χ2v) is 9.31. The third kappa shape index (κ3) is 12.6. The molecule has 0 radical (unpaired) electrons. The van der Waals surface area contributed by atoms with Crippen LogP contribution < -0.4 is 33.2 Å². The highest BCUT2D eigenvalue weighted by molar-refractivity contribution is 7.98. The molecule has 6 unspecified atom stereocenters. The average Bonchev–Trinajstić information content (AvgIpc) is 2.79. The molecule has 3 amide bonds. The van der Waals surface area contributed by atoms with Crippen molar-refractivity contribution in [1.82, 2.24) is 16.0 Å². The number of nitrogens with zero attached hydrogens (tertiary/aromatic N) is 1. The van der Waals surface area contributed by atoms with E-state index in [0.717, 1.165) is 0 Å². The van der Waals surface area contributed by atoms with Crippen LogP contribution in [0.1, 0.15) is 46.5 Å². The highest BCUT2D eigenvalue weighted by Gasteiger charge is 2.32. The third-order valence-electron chi connectivity index (χ3n) is 5.43. The SMILES string of the molecule is CCC(C)C(N)C(=O)NC(CCSC)C(=O)NC(CCCN=C(N)N)C(=O)NC(C(=O)O)C(C)O. The fourth-order valence-corrected chi connectivity index (χ4v) is 3.44. The molecule has 202 valence electrons. The van der Waals surface area contributed by atoms with Crippen LogP contribution in [0.25, 0.3) is 0 Å². The van der Waals surface area contributed by atoms with Gasteiger partial charge < -0.3 is 43.4 Å². The van der Waals surface area contributed by atoms with Gasteiger partial charge in [-0.3, -0.25) is 19.4 Å². The lowest BCUT2D eigenvalue weighted by Gasteiger charge is -2.26. The van der Waals surface area contributed by atoms with E-state index in [0.29, 0.717) is 25.0 Å². The van der Waals surface area contributed by atoms with Gasteiger partial charge in [0.15, 0.2) is 12.0 Å². The summed E-state index contributed by atoms with van der Waals surface area (Å²) in [5, 5.41) is 26.4. The molecular weight excluding hydrogens is 478 g/mol. The fourth-order valence-electron chi connectivity index (χ4n) is 2.97. The number of aliphatic hydroxyl groups is 1.